The third-order valence-corrected chi connectivity index (χ3v) is 6.05. The molecule has 4 aliphatic heterocycles. The Hall–Kier alpha value is -2.55. The van der Waals surface area contributed by atoms with Crippen molar-refractivity contribution in [1.29, 1.82) is 0 Å². The van der Waals surface area contributed by atoms with E-state index in [2.05, 4.69) is 10.6 Å². The molecule has 4 heterocycles. The minimum atomic E-state index is -0.891. The zero-order valence-corrected chi connectivity index (χ0v) is 14.4. The predicted molar refractivity (Wildman–Crippen MR) is 89.9 cm³/mol. The molecule has 7 nitrogen and oxygen atoms in total. The number of carbonyl (C=O) groups excluding carboxylic acids is 3. The number of benzene rings is 1. The van der Waals surface area contributed by atoms with Gasteiger partial charge in [-0.3, -0.25) is 19.7 Å². The van der Waals surface area contributed by atoms with Crippen LogP contribution in [0.15, 0.2) is 6.07 Å². The molecule has 3 amide bonds. The molecule has 1 aromatic carbocycles. The van der Waals surface area contributed by atoms with Crippen molar-refractivity contribution in [2.75, 3.05) is 18.0 Å². The van der Waals surface area contributed by atoms with Gasteiger partial charge in [-0.25, -0.2) is 8.78 Å². The molecule has 0 spiro atoms. The number of anilines is 1. The van der Waals surface area contributed by atoms with Gasteiger partial charge in [0.2, 0.25) is 11.8 Å². The van der Waals surface area contributed by atoms with E-state index in [1.54, 1.807) is 0 Å². The van der Waals surface area contributed by atoms with Crippen LogP contribution in [0.3, 0.4) is 0 Å². The van der Waals surface area contributed by atoms with Crippen LogP contribution in [0.25, 0.3) is 0 Å². The van der Waals surface area contributed by atoms with Crippen LogP contribution in [0, 0.1) is 11.6 Å². The summed E-state index contributed by atoms with van der Waals surface area (Å²) >= 11 is 0. The summed E-state index contributed by atoms with van der Waals surface area (Å²) in [5.41, 5.74) is -0.116. The summed E-state index contributed by atoms with van der Waals surface area (Å²) in [5.74, 6) is -3.06. The van der Waals surface area contributed by atoms with Gasteiger partial charge in [-0.1, -0.05) is 0 Å². The SMILES string of the molecule is O=C1CCC(N2Cc3c(F)c(N4C5CNCC4C5)cc(F)c3C2=O)C(=O)N1. The highest BCUT2D eigenvalue weighted by Crippen LogP contribution is 2.41. The first-order chi connectivity index (χ1) is 13.0. The molecule has 0 saturated carbocycles. The molecule has 2 N–H and O–H groups in total. The monoisotopic (exact) mass is 376 g/mol. The molecule has 0 radical (unpaired) electrons. The standard InChI is InChI=1S/C18H18F2N4O3/c19-11-4-13(24-8-3-9(24)6-21-5-8)16(20)10-7-23(18(27)15(10)11)12-1-2-14(25)22-17(12)26/h4,8-9,12,21H,1-3,5-7H2,(H,22,25,26). The molecule has 2 bridgehead atoms. The minimum Gasteiger partial charge on any atom is -0.360 e. The number of imide groups is 1. The zero-order valence-electron chi connectivity index (χ0n) is 14.4. The summed E-state index contributed by atoms with van der Waals surface area (Å²) in [6.45, 7) is 1.27. The van der Waals surface area contributed by atoms with Crippen molar-refractivity contribution < 1.29 is 23.2 Å². The first-order valence-corrected chi connectivity index (χ1v) is 9.10. The van der Waals surface area contributed by atoms with Crippen molar-refractivity contribution in [3.63, 3.8) is 0 Å². The number of hydrogen-bond donors (Lipinski definition) is 2. The van der Waals surface area contributed by atoms with E-state index in [1.165, 1.54) is 4.90 Å². The first-order valence-electron chi connectivity index (χ1n) is 9.10. The number of nitrogens with one attached hydrogen (secondary N) is 2. The molecule has 3 saturated heterocycles. The Balaban J connectivity index is 1.49. The van der Waals surface area contributed by atoms with Gasteiger partial charge in [0.15, 0.2) is 5.82 Å². The fourth-order valence-corrected chi connectivity index (χ4v) is 4.72. The Morgan fingerprint density at radius 3 is 2.52 bits per heavy atom. The summed E-state index contributed by atoms with van der Waals surface area (Å²) in [6, 6.07) is 0.459. The quantitative estimate of drug-likeness (QED) is 0.725. The normalized spacial score (nSPS) is 29.6. The Morgan fingerprint density at radius 1 is 1.11 bits per heavy atom. The highest BCUT2D eigenvalue weighted by atomic mass is 19.1. The van der Waals surface area contributed by atoms with Crippen molar-refractivity contribution >= 4 is 23.4 Å². The first kappa shape index (κ1) is 16.6. The van der Waals surface area contributed by atoms with Crippen molar-refractivity contribution in [2.45, 2.75) is 43.9 Å². The topological polar surface area (TPSA) is 81.8 Å². The van der Waals surface area contributed by atoms with Gasteiger partial charge in [0.05, 0.1) is 17.8 Å². The Kier molecular flexibility index (Phi) is 3.52. The van der Waals surface area contributed by atoms with E-state index in [-0.39, 0.29) is 48.3 Å². The second-order valence-electron chi connectivity index (χ2n) is 7.55. The van der Waals surface area contributed by atoms with E-state index in [1.807, 2.05) is 4.90 Å². The van der Waals surface area contributed by atoms with Crippen LogP contribution >= 0.6 is 0 Å². The van der Waals surface area contributed by atoms with Crippen molar-refractivity contribution in [3.8, 4) is 0 Å². The summed E-state index contributed by atoms with van der Waals surface area (Å²) in [7, 11) is 0. The molecule has 142 valence electrons. The maximum absolute atomic E-state index is 15.2. The molecule has 0 aliphatic carbocycles. The fraction of sp³-hybridized carbons (Fsp3) is 0.500. The van der Waals surface area contributed by atoms with Crippen molar-refractivity contribution in [2.24, 2.45) is 0 Å². The van der Waals surface area contributed by atoms with Crippen LogP contribution in [-0.4, -0.2) is 53.8 Å². The van der Waals surface area contributed by atoms with E-state index in [4.69, 9.17) is 0 Å². The number of amides is 3. The largest absolute Gasteiger partial charge is 0.360 e. The molecule has 4 aliphatic rings. The summed E-state index contributed by atoms with van der Waals surface area (Å²) in [5, 5.41) is 5.43. The highest BCUT2D eigenvalue weighted by molar-refractivity contribution is 6.05. The number of piperazine rings is 1. The maximum atomic E-state index is 15.2. The predicted octanol–water partition coefficient (Wildman–Crippen LogP) is 0.276. The van der Waals surface area contributed by atoms with Gasteiger partial charge < -0.3 is 15.1 Å². The van der Waals surface area contributed by atoms with Crippen LogP contribution in [0.5, 0.6) is 0 Å². The number of rotatable bonds is 2. The van der Waals surface area contributed by atoms with Gasteiger partial charge in [-0.05, 0) is 12.8 Å². The molecule has 1 aromatic rings. The highest BCUT2D eigenvalue weighted by Gasteiger charge is 2.46. The Bertz CT molecular complexity index is 876. The van der Waals surface area contributed by atoms with Crippen LogP contribution < -0.4 is 15.5 Å². The molecule has 9 heteroatoms. The molecule has 27 heavy (non-hydrogen) atoms. The van der Waals surface area contributed by atoms with Crippen LogP contribution in [0.2, 0.25) is 0 Å². The second-order valence-corrected chi connectivity index (χ2v) is 7.55. The maximum Gasteiger partial charge on any atom is 0.258 e. The minimum absolute atomic E-state index is 0.00219. The fourth-order valence-electron chi connectivity index (χ4n) is 4.72. The Morgan fingerprint density at radius 2 is 1.85 bits per heavy atom. The molecular formula is C18H18F2N4O3. The third-order valence-electron chi connectivity index (χ3n) is 6.05. The molecule has 3 atom stereocenters. The number of hydrogen-bond acceptors (Lipinski definition) is 5. The number of nitrogens with zero attached hydrogens (tertiary/aromatic N) is 2. The summed E-state index contributed by atoms with van der Waals surface area (Å²) in [6.07, 6.45) is 1.19. The van der Waals surface area contributed by atoms with Crippen LogP contribution in [-0.2, 0) is 16.1 Å². The number of fused-ring (bicyclic) bond motifs is 3. The summed E-state index contributed by atoms with van der Waals surface area (Å²) in [4.78, 5) is 39.2. The molecular weight excluding hydrogens is 358 g/mol. The second kappa shape index (κ2) is 5.72. The molecule has 3 unspecified atom stereocenters. The van der Waals surface area contributed by atoms with E-state index < -0.39 is 35.4 Å². The lowest BCUT2D eigenvalue weighted by atomic mass is 9.87. The smallest absolute Gasteiger partial charge is 0.258 e. The molecule has 0 aromatic heterocycles. The van der Waals surface area contributed by atoms with Crippen LogP contribution in [0.1, 0.15) is 35.2 Å². The van der Waals surface area contributed by atoms with E-state index in [0.717, 1.165) is 25.6 Å². The summed E-state index contributed by atoms with van der Waals surface area (Å²) < 4.78 is 30.0. The average molecular weight is 376 g/mol. The molecule has 3 fully saturated rings. The number of piperidine rings is 2. The lowest BCUT2D eigenvalue weighted by molar-refractivity contribution is -0.136. The number of halogens is 2. The number of carbonyl (C=O) groups is 3. The van der Waals surface area contributed by atoms with Crippen molar-refractivity contribution in [1.82, 2.24) is 15.5 Å². The van der Waals surface area contributed by atoms with E-state index >= 15 is 4.39 Å². The van der Waals surface area contributed by atoms with Crippen LogP contribution in [0.4, 0.5) is 14.5 Å². The van der Waals surface area contributed by atoms with Gasteiger partial charge in [0.25, 0.3) is 5.91 Å². The molecule has 5 rings (SSSR count). The van der Waals surface area contributed by atoms with Gasteiger partial charge >= 0.3 is 0 Å². The van der Waals surface area contributed by atoms with Gasteiger partial charge in [0.1, 0.15) is 11.9 Å². The van der Waals surface area contributed by atoms with E-state index in [0.29, 0.717) is 0 Å². The van der Waals surface area contributed by atoms with Gasteiger partial charge in [0, 0.05) is 43.2 Å². The Labute approximate surface area is 153 Å². The lowest BCUT2D eigenvalue weighted by Gasteiger charge is -2.54. The van der Waals surface area contributed by atoms with Gasteiger partial charge in [-0.15, -0.1) is 0 Å². The van der Waals surface area contributed by atoms with Gasteiger partial charge in [-0.2, -0.15) is 0 Å². The lowest BCUT2D eigenvalue weighted by Crippen LogP contribution is -2.68. The third kappa shape index (κ3) is 2.30. The van der Waals surface area contributed by atoms with E-state index in [9.17, 15) is 18.8 Å². The van der Waals surface area contributed by atoms with Crippen molar-refractivity contribution in [3.05, 3.63) is 28.8 Å². The zero-order chi connectivity index (χ0) is 18.9. The average Bonchev–Trinajstić information content (AvgIpc) is 2.98.